The number of hydrogen-bond donors (Lipinski definition) is 0. The van der Waals surface area contributed by atoms with E-state index in [9.17, 15) is 0 Å². The predicted octanol–water partition coefficient (Wildman–Crippen LogP) is 32.8. The summed E-state index contributed by atoms with van der Waals surface area (Å²) in [5.41, 5.74) is 28.9. The summed E-state index contributed by atoms with van der Waals surface area (Å²) in [6.45, 7) is 0. The van der Waals surface area contributed by atoms with E-state index in [-0.39, 0.29) is 0 Å². The van der Waals surface area contributed by atoms with Gasteiger partial charge in [-0.1, -0.05) is 261 Å². The van der Waals surface area contributed by atoms with E-state index in [1.54, 1.807) is 0 Å². The maximum Gasteiger partial charge on any atom is 0.0541 e. The van der Waals surface area contributed by atoms with Gasteiger partial charge in [0.15, 0.2) is 0 Å². The molecule has 26 rings (SSSR count). The van der Waals surface area contributed by atoms with Gasteiger partial charge in [-0.15, -0.1) is 22.7 Å². The van der Waals surface area contributed by atoms with Crippen LogP contribution in [0.3, 0.4) is 0 Å². The number of para-hydroxylation sites is 4. The lowest BCUT2D eigenvalue weighted by Gasteiger charge is -2.10. The second kappa shape index (κ2) is 28.1. The van der Waals surface area contributed by atoms with Crippen LogP contribution in [0.5, 0.6) is 0 Å². The van der Waals surface area contributed by atoms with Gasteiger partial charge in [0.1, 0.15) is 0 Å². The molecule has 26 aromatic rings. The van der Waals surface area contributed by atoms with E-state index in [1.807, 2.05) is 22.7 Å². The van der Waals surface area contributed by atoms with E-state index in [0.29, 0.717) is 0 Å². The summed E-state index contributed by atoms with van der Waals surface area (Å²) in [5, 5.41) is 20.3. The lowest BCUT2D eigenvalue weighted by Crippen LogP contribution is -1.94. The summed E-state index contributed by atoms with van der Waals surface area (Å²) in [4.78, 5) is 0. The smallest absolute Gasteiger partial charge is 0.0541 e. The number of thiophene rings is 2. The van der Waals surface area contributed by atoms with Crippen LogP contribution in [0.15, 0.2) is 437 Å². The minimum Gasteiger partial charge on any atom is -0.309 e. The van der Waals surface area contributed by atoms with Crippen LogP contribution >= 0.6 is 22.7 Å². The maximum atomic E-state index is 2.41. The van der Waals surface area contributed by atoms with Crippen molar-refractivity contribution < 1.29 is 0 Å². The normalized spacial score (nSPS) is 11.9. The van der Waals surface area contributed by atoms with Crippen molar-refractivity contribution in [2.75, 3.05) is 0 Å². The van der Waals surface area contributed by atoms with Crippen LogP contribution in [0, 0.1) is 0 Å². The van der Waals surface area contributed by atoms with E-state index >= 15 is 0 Å². The summed E-state index contributed by atoms with van der Waals surface area (Å²) in [5.74, 6) is 0. The summed E-state index contributed by atoms with van der Waals surface area (Å²) in [6, 6.07) is 161. The third kappa shape index (κ3) is 11.5. The van der Waals surface area contributed by atoms with Gasteiger partial charge >= 0.3 is 0 Å². The molecular formula is C116H72N4S2. The summed E-state index contributed by atoms with van der Waals surface area (Å²) in [7, 11) is 0. The fourth-order valence-electron chi connectivity index (χ4n) is 19.5. The largest absolute Gasteiger partial charge is 0.309 e. The van der Waals surface area contributed by atoms with Crippen molar-refractivity contribution in [2.24, 2.45) is 0 Å². The Bertz CT molecular complexity index is 8750. The van der Waals surface area contributed by atoms with E-state index in [4.69, 9.17) is 0 Å². The number of hydrogen-bond acceptors (Lipinski definition) is 2. The van der Waals surface area contributed by atoms with Gasteiger partial charge < -0.3 is 18.3 Å². The number of benzene rings is 20. The van der Waals surface area contributed by atoms with Crippen molar-refractivity contribution in [2.45, 2.75) is 0 Å². The standard InChI is InChI=1S/2C58H36N2S/c1-2-12-45(13-3-1)59-55-30-24-42(34-51(55)52-35-43(25-31-56(52)59)44-22-28-49-48-15-7-9-17-57(48)61-58(49)36-44)41-23-29-54-50(33-41)47-14-6-8-16-53(47)60(54)46-26-20-38(21-27-46)40-19-18-37-10-4-5-11-39(37)32-40;1-2-12-45(13-3-1)59-55-29-23-42(34-50(55)51-35-43(24-30-56(51)59)44-25-31-58-52(36-44)48-15-7-9-17-57(48)61-58)41-22-28-54-49(33-41)47-14-6-8-16-53(47)60(54)46-26-20-38(21-27-46)40-19-18-37-10-4-5-11-39(37)32-40/h2*1-36H. The Morgan fingerprint density at radius 3 is 0.779 bits per heavy atom. The zero-order valence-corrected chi connectivity index (χ0v) is 67.8. The average Bonchev–Trinajstić information content (AvgIpc) is 1.59. The molecule has 20 aromatic carbocycles. The predicted molar refractivity (Wildman–Crippen MR) is 524 cm³/mol. The molecule has 0 aliphatic carbocycles. The second-order valence-electron chi connectivity index (χ2n) is 32.3. The molecule has 568 valence electrons. The first-order valence-corrected chi connectivity index (χ1v) is 43.4. The lowest BCUT2D eigenvalue weighted by molar-refractivity contribution is 1.18. The molecule has 0 amide bonds. The maximum absolute atomic E-state index is 2.41. The molecule has 0 fully saturated rings. The Morgan fingerprint density at radius 2 is 0.369 bits per heavy atom. The molecule has 0 saturated heterocycles. The van der Waals surface area contributed by atoms with Crippen LogP contribution in [-0.2, 0) is 0 Å². The zero-order chi connectivity index (χ0) is 80.0. The van der Waals surface area contributed by atoms with Gasteiger partial charge in [-0.3, -0.25) is 0 Å². The molecule has 6 heterocycles. The van der Waals surface area contributed by atoms with Crippen molar-refractivity contribution in [3.63, 3.8) is 0 Å². The Labute approximate surface area is 711 Å². The minimum atomic E-state index is 1.15. The molecule has 6 aromatic heterocycles. The fraction of sp³-hybridized carbons (Fsp3) is 0. The van der Waals surface area contributed by atoms with E-state index < -0.39 is 0 Å². The Kier molecular flexibility index (Phi) is 16.1. The average molecular weight is 1590 g/mol. The zero-order valence-electron chi connectivity index (χ0n) is 66.2. The molecule has 0 aliphatic heterocycles. The number of rotatable bonds is 10. The van der Waals surface area contributed by atoms with Crippen molar-refractivity contribution in [1.29, 1.82) is 0 Å². The van der Waals surface area contributed by atoms with Crippen LogP contribution in [0.4, 0.5) is 0 Å². The third-order valence-electron chi connectivity index (χ3n) is 25.4. The van der Waals surface area contributed by atoms with Gasteiger partial charge in [0.2, 0.25) is 0 Å². The highest BCUT2D eigenvalue weighted by Gasteiger charge is 2.22. The Hall–Kier alpha value is -15.4. The molecule has 0 spiro atoms. The first-order valence-electron chi connectivity index (χ1n) is 41.8. The summed E-state index contributed by atoms with van der Waals surface area (Å²) < 4.78 is 15.0. The van der Waals surface area contributed by atoms with E-state index in [2.05, 4.69) is 455 Å². The molecule has 0 radical (unpaired) electrons. The molecule has 0 atom stereocenters. The van der Waals surface area contributed by atoms with Gasteiger partial charge in [-0.2, -0.15) is 0 Å². The van der Waals surface area contributed by atoms with Crippen LogP contribution in [0.1, 0.15) is 0 Å². The van der Waals surface area contributed by atoms with Crippen LogP contribution < -0.4 is 0 Å². The van der Waals surface area contributed by atoms with Crippen molar-refractivity contribution in [3.05, 3.63) is 437 Å². The Balaban J connectivity index is 0.000000134. The molecule has 4 nitrogen and oxygen atoms in total. The highest BCUT2D eigenvalue weighted by molar-refractivity contribution is 7.26. The number of aromatic nitrogens is 4. The number of fused-ring (bicyclic) bond motifs is 20. The topological polar surface area (TPSA) is 19.7 Å². The highest BCUT2D eigenvalue weighted by atomic mass is 32.1. The van der Waals surface area contributed by atoms with Crippen LogP contribution in [0.2, 0.25) is 0 Å². The minimum absolute atomic E-state index is 1.15. The van der Waals surface area contributed by atoms with Crippen LogP contribution in [-0.4, -0.2) is 18.3 Å². The van der Waals surface area contributed by atoms with Crippen molar-refractivity contribution in [1.82, 2.24) is 18.3 Å². The molecule has 0 aliphatic rings. The van der Waals surface area contributed by atoms with E-state index in [0.717, 1.165) is 22.7 Å². The van der Waals surface area contributed by atoms with Crippen molar-refractivity contribution in [3.8, 4) is 89.5 Å². The quantitative estimate of drug-likeness (QED) is 0.130. The Morgan fingerprint density at radius 1 is 0.123 bits per heavy atom. The first-order chi connectivity index (χ1) is 60.4. The molecule has 122 heavy (non-hydrogen) atoms. The van der Waals surface area contributed by atoms with Crippen molar-refractivity contribution >= 4 is 172 Å². The third-order valence-corrected chi connectivity index (χ3v) is 27.7. The fourth-order valence-corrected chi connectivity index (χ4v) is 21.7. The molecule has 0 saturated carbocycles. The SMILES string of the molecule is c1ccc(-n2c3ccc(-c4ccc5c(c4)sc4ccccc45)cc3c3cc(-c4ccc5c(c4)c4ccccc4n5-c4ccc(-c5ccc6ccccc6c5)cc4)ccc32)cc1.c1ccc(-n2c3ccc(-c4ccc5sc6ccccc6c5c4)cc3c3cc(-c4ccc5c(c4)c4ccccc4n5-c4ccc(-c5ccc6ccccc6c5)cc4)ccc32)cc1. The first kappa shape index (κ1) is 69.7. The summed E-state index contributed by atoms with van der Waals surface area (Å²) in [6.07, 6.45) is 0. The molecule has 0 N–H and O–H groups in total. The molecule has 6 heteroatoms. The monoisotopic (exact) mass is 1580 g/mol. The van der Waals surface area contributed by atoms with Gasteiger partial charge in [-0.05, 0) is 264 Å². The van der Waals surface area contributed by atoms with Gasteiger partial charge in [0.05, 0.1) is 44.1 Å². The molecular weight excluding hydrogens is 1510 g/mol. The molecule has 0 unspecified atom stereocenters. The lowest BCUT2D eigenvalue weighted by atomic mass is 9.98. The van der Waals surface area contributed by atoms with Crippen LogP contribution in [0.25, 0.3) is 239 Å². The highest BCUT2D eigenvalue weighted by Crippen LogP contribution is 2.46. The summed E-state index contributed by atoms with van der Waals surface area (Å²) >= 11 is 3.74. The van der Waals surface area contributed by atoms with Gasteiger partial charge in [0, 0.05) is 106 Å². The number of nitrogens with zero attached hydrogens (tertiary/aromatic N) is 4. The van der Waals surface area contributed by atoms with Gasteiger partial charge in [0.25, 0.3) is 0 Å². The molecule has 0 bridgehead atoms. The van der Waals surface area contributed by atoms with E-state index in [1.165, 1.54) is 216 Å². The second-order valence-corrected chi connectivity index (χ2v) is 34.4. The van der Waals surface area contributed by atoms with Gasteiger partial charge in [-0.25, -0.2) is 0 Å².